The number of alkyl halides is 2. The molecular formula is C32H39F2O8P. The van der Waals surface area contributed by atoms with E-state index in [2.05, 4.69) is 0 Å². The number of aliphatic hydroxyl groups is 1. The number of halogens is 2. The predicted molar refractivity (Wildman–Crippen MR) is 157 cm³/mol. The Hall–Kier alpha value is -2.53. The minimum absolute atomic E-state index is 0.0288. The minimum Gasteiger partial charge on any atom is -0.383 e. The van der Waals surface area contributed by atoms with Crippen LogP contribution in [0.4, 0.5) is 8.78 Å². The van der Waals surface area contributed by atoms with Crippen LogP contribution < -0.4 is 0 Å². The highest BCUT2D eigenvalue weighted by molar-refractivity contribution is 7.55. The second-order valence-electron chi connectivity index (χ2n) is 10.0. The summed E-state index contributed by atoms with van der Waals surface area (Å²) in [6.45, 7) is 2.58. The first-order valence-electron chi connectivity index (χ1n) is 14.3. The van der Waals surface area contributed by atoms with E-state index in [1.54, 1.807) is 0 Å². The quantitative estimate of drug-likeness (QED) is 0.174. The molecule has 0 aliphatic carbocycles. The van der Waals surface area contributed by atoms with Crippen molar-refractivity contribution in [2.24, 2.45) is 0 Å². The third kappa shape index (κ3) is 8.56. The first-order valence-corrected chi connectivity index (χ1v) is 15.9. The van der Waals surface area contributed by atoms with Crippen molar-refractivity contribution in [3.63, 3.8) is 0 Å². The molecule has 0 bridgehead atoms. The van der Waals surface area contributed by atoms with Crippen molar-refractivity contribution in [3.05, 3.63) is 108 Å². The molecule has 8 nitrogen and oxygen atoms in total. The van der Waals surface area contributed by atoms with Crippen LogP contribution in [0.15, 0.2) is 91.0 Å². The van der Waals surface area contributed by atoms with Crippen molar-refractivity contribution in [2.75, 3.05) is 19.8 Å². The molecule has 0 saturated carbocycles. The first-order chi connectivity index (χ1) is 20.8. The summed E-state index contributed by atoms with van der Waals surface area (Å²) in [6, 6.07) is 28.0. The van der Waals surface area contributed by atoms with E-state index in [-0.39, 0.29) is 39.6 Å². The van der Waals surface area contributed by atoms with Crippen LogP contribution in [0, 0.1) is 0 Å². The van der Waals surface area contributed by atoms with Gasteiger partial charge in [-0.15, -0.1) is 0 Å². The summed E-state index contributed by atoms with van der Waals surface area (Å²) in [5, 5.41) is 11.2. The topological polar surface area (TPSA) is 92.7 Å². The Morgan fingerprint density at radius 2 is 1.21 bits per heavy atom. The monoisotopic (exact) mass is 620 g/mol. The van der Waals surface area contributed by atoms with Gasteiger partial charge in [-0.05, 0) is 30.5 Å². The molecule has 4 rings (SSSR count). The molecule has 1 N–H and O–H groups in total. The molecule has 0 aromatic heterocycles. The van der Waals surface area contributed by atoms with Crippen LogP contribution in [0.2, 0.25) is 0 Å². The molecule has 234 valence electrons. The van der Waals surface area contributed by atoms with Crippen LogP contribution in [0.1, 0.15) is 30.5 Å². The first kappa shape index (κ1) is 33.4. The van der Waals surface area contributed by atoms with E-state index in [0.29, 0.717) is 0 Å². The van der Waals surface area contributed by atoms with E-state index in [1.807, 2.05) is 91.0 Å². The number of hydrogen-bond donors (Lipinski definition) is 1. The van der Waals surface area contributed by atoms with Crippen molar-refractivity contribution in [2.45, 2.75) is 69.9 Å². The van der Waals surface area contributed by atoms with Gasteiger partial charge in [0.2, 0.25) is 0 Å². The van der Waals surface area contributed by atoms with Gasteiger partial charge in [0.15, 0.2) is 6.10 Å². The molecule has 3 aromatic rings. The maximum absolute atomic E-state index is 15.8. The fourth-order valence-corrected chi connectivity index (χ4v) is 6.41. The van der Waals surface area contributed by atoms with Gasteiger partial charge < -0.3 is 33.1 Å². The van der Waals surface area contributed by atoms with Gasteiger partial charge in [0.1, 0.15) is 24.4 Å². The molecule has 3 aromatic carbocycles. The second-order valence-corrected chi connectivity index (χ2v) is 12.1. The smallest absolute Gasteiger partial charge is 0.383 e. The van der Waals surface area contributed by atoms with Crippen molar-refractivity contribution >= 4 is 7.60 Å². The van der Waals surface area contributed by atoms with Gasteiger partial charge in [-0.1, -0.05) is 91.0 Å². The molecule has 1 aliphatic heterocycles. The molecule has 0 spiro atoms. The molecule has 1 heterocycles. The third-order valence-electron chi connectivity index (χ3n) is 6.94. The molecule has 0 unspecified atom stereocenters. The van der Waals surface area contributed by atoms with Gasteiger partial charge in [-0.3, -0.25) is 4.57 Å². The van der Waals surface area contributed by atoms with Crippen LogP contribution in [-0.4, -0.2) is 61.1 Å². The number of hydrogen-bond acceptors (Lipinski definition) is 8. The lowest BCUT2D eigenvalue weighted by molar-refractivity contribution is -0.161. The lowest BCUT2D eigenvalue weighted by atomic mass is 10.0. The number of rotatable bonds is 17. The second kappa shape index (κ2) is 16.0. The van der Waals surface area contributed by atoms with Crippen LogP contribution >= 0.6 is 7.60 Å². The Morgan fingerprint density at radius 3 is 1.67 bits per heavy atom. The highest BCUT2D eigenvalue weighted by atomic mass is 31.2. The van der Waals surface area contributed by atoms with Crippen molar-refractivity contribution in [1.82, 2.24) is 0 Å². The van der Waals surface area contributed by atoms with Crippen molar-refractivity contribution in [3.8, 4) is 0 Å². The highest BCUT2D eigenvalue weighted by Crippen LogP contribution is 2.64. The summed E-state index contributed by atoms with van der Waals surface area (Å²) in [7, 11) is -5.09. The third-order valence-corrected chi connectivity index (χ3v) is 9.13. The fourth-order valence-electron chi connectivity index (χ4n) is 4.84. The molecule has 1 saturated heterocycles. The number of benzene rings is 3. The molecule has 5 atom stereocenters. The summed E-state index contributed by atoms with van der Waals surface area (Å²) >= 11 is 0. The maximum Gasteiger partial charge on any atom is 0.402 e. The van der Waals surface area contributed by atoms with Crippen LogP contribution in [0.25, 0.3) is 0 Å². The Bertz CT molecular complexity index is 1260. The van der Waals surface area contributed by atoms with E-state index >= 15 is 8.78 Å². The zero-order valence-electron chi connectivity index (χ0n) is 24.3. The van der Waals surface area contributed by atoms with E-state index in [9.17, 15) is 9.67 Å². The van der Waals surface area contributed by atoms with Gasteiger partial charge in [0.05, 0.1) is 39.6 Å². The SMILES string of the molecule is CCOP(=O)(OCC)C(F)(F)[C@@H](O)[C@H]1O[C@H](COCc2ccccc2)[C@@H](OCc2ccccc2)[C@@H]1OCc1ccccc1. The average Bonchev–Trinajstić information content (AvgIpc) is 3.37. The Kier molecular flexibility index (Phi) is 12.4. The average molecular weight is 621 g/mol. The van der Waals surface area contributed by atoms with E-state index in [1.165, 1.54) is 13.8 Å². The Morgan fingerprint density at radius 1 is 0.767 bits per heavy atom. The fraction of sp³-hybridized carbons (Fsp3) is 0.438. The number of ether oxygens (including phenoxy) is 4. The van der Waals surface area contributed by atoms with Crippen LogP contribution in [0.5, 0.6) is 0 Å². The minimum atomic E-state index is -5.09. The van der Waals surface area contributed by atoms with Gasteiger partial charge in [0.25, 0.3) is 0 Å². The van der Waals surface area contributed by atoms with Gasteiger partial charge in [-0.25, -0.2) is 0 Å². The molecule has 1 fully saturated rings. The van der Waals surface area contributed by atoms with Gasteiger partial charge in [-0.2, -0.15) is 8.78 Å². The molecule has 11 heteroatoms. The summed E-state index contributed by atoms with van der Waals surface area (Å²) in [6.07, 6.45) is -7.28. The standard InChI is InChI=1S/C32H39F2O8P/c1-3-40-43(36,41-4-2)32(33,34)31(35)30-29(39-22-26-18-12-7-13-19-26)28(38-21-25-16-10-6-11-17-25)27(42-30)23-37-20-24-14-8-5-9-15-24/h5-19,27-31,35H,3-4,20-23H2,1-2H3/t27-,28-,29+,30+,31+/m1/s1. The van der Waals surface area contributed by atoms with E-state index in [4.69, 9.17) is 28.0 Å². The molecular weight excluding hydrogens is 581 g/mol. The Balaban J connectivity index is 1.63. The normalized spacial score (nSPS) is 21.6. The van der Waals surface area contributed by atoms with E-state index < -0.39 is 43.8 Å². The zero-order chi connectivity index (χ0) is 30.7. The van der Waals surface area contributed by atoms with Crippen molar-refractivity contribution < 1.29 is 46.4 Å². The maximum atomic E-state index is 15.8. The molecule has 0 radical (unpaired) electrons. The van der Waals surface area contributed by atoms with Crippen LogP contribution in [0.3, 0.4) is 0 Å². The van der Waals surface area contributed by atoms with Gasteiger partial charge in [0, 0.05) is 0 Å². The lowest BCUT2D eigenvalue weighted by Crippen LogP contribution is -2.50. The largest absolute Gasteiger partial charge is 0.402 e. The lowest BCUT2D eigenvalue weighted by Gasteiger charge is -2.34. The Labute approximate surface area is 251 Å². The predicted octanol–water partition coefficient (Wildman–Crippen LogP) is 6.36. The highest BCUT2D eigenvalue weighted by Gasteiger charge is 2.65. The zero-order valence-corrected chi connectivity index (χ0v) is 25.2. The summed E-state index contributed by atoms with van der Waals surface area (Å²) in [5.41, 5.74) is -1.78. The van der Waals surface area contributed by atoms with Crippen LogP contribution in [-0.2, 0) is 52.4 Å². The molecule has 1 aliphatic rings. The van der Waals surface area contributed by atoms with E-state index in [0.717, 1.165) is 16.7 Å². The van der Waals surface area contributed by atoms with Gasteiger partial charge >= 0.3 is 13.3 Å². The molecule has 43 heavy (non-hydrogen) atoms. The number of aliphatic hydroxyl groups excluding tert-OH is 1. The molecule has 0 amide bonds. The summed E-state index contributed by atoms with van der Waals surface area (Å²) in [4.78, 5) is 0. The summed E-state index contributed by atoms with van der Waals surface area (Å²) < 4.78 is 79.2. The summed E-state index contributed by atoms with van der Waals surface area (Å²) in [5.74, 6) is 0. The van der Waals surface area contributed by atoms with Crippen molar-refractivity contribution in [1.29, 1.82) is 0 Å².